The zero-order chi connectivity index (χ0) is 26.6. The summed E-state index contributed by atoms with van der Waals surface area (Å²) in [5.74, 6) is 2.91. The average Bonchev–Trinajstić information content (AvgIpc) is 2.85. The van der Waals surface area contributed by atoms with E-state index in [-0.39, 0.29) is 23.6 Å². The Bertz CT molecular complexity index is 1580. The van der Waals surface area contributed by atoms with Crippen LogP contribution in [0.15, 0.2) is 71.8 Å². The minimum atomic E-state index is -4.62. The summed E-state index contributed by atoms with van der Waals surface area (Å²) in [7, 11) is 1.59. The van der Waals surface area contributed by atoms with Crippen molar-refractivity contribution in [2.75, 3.05) is 17.2 Å². The van der Waals surface area contributed by atoms with Crippen LogP contribution in [0.3, 0.4) is 0 Å². The van der Waals surface area contributed by atoms with Crippen LogP contribution in [-0.2, 0) is 13.2 Å². The van der Waals surface area contributed by atoms with Crippen molar-refractivity contribution in [3.63, 3.8) is 0 Å². The van der Waals surface area contributed by atoms with Gasteiger partial charge in [0.15, 0.2) is 0 Å². The zero-order valence-corrected chi connectivity index (χ0v) is 19.3. The van der Waals surface area contributed by atoms with Gasteiger partial charge in [0.2, 0.25) is 0 Å². The second-order valence-electron chi connectivity index (χ2n) is 7.75. The lowest BCUT2D eigenvalue weighted by atomic mass is 10.2. The van der Waals surface area contributed by atoms with E-state index < -0.39 is 17.8 Å². The number of nitrogens with zero attached hydrogens (tertiary/aromatic N) is 2. The number of fused-ring (bicyclic) bond motifs is 1. The number of aromatic nitrogens is 2. The van der Waals surface area contributed by atoms with E-state index in [1.807, 2.05) is 0 Å². The Hall–Kier alpha value is -4.98. The molecule has 3 aromatic carbocycles. The topological polar surface area (TPSA) is 94.5 Å². The number of rotatable bonds is 6. The Kier molecular flexibility index (Phi) is 7.01. The van der Waals surface area contributed by atoms with Gasteiger partial charge in [0.05, 0.1) is 28.5 Å². The smallest absolute Gasteiger partial charge is 0.416 e. The maximum absolute atomic E-state index is 13.1. The monoisotopic (exact) mass is 508 g/mol. The molecule has 0 spiro atoms. The van der Waals surface area contributed by atoms with Crippen molar-refractivity contribution < 1.29 is 27.4 Å². The Balaban J connectivity index is 1.51. The lowest BCUT2D eigenvalue weighted by Gasteiger charge is -2.15. The van der Waals surface area contributed by atoms with Crippen molar-refractivity contribution in [3.05, 3.63) is 82.9 Å². The van der Waals surface area contributed by atoms with Crippen LogP contribution in [0, 0.1) is 12.3 Å². The van der Waals surface area contributed by atoms with Gasteiger partial charge in [-0.3, -0.25) is 4.79 Å². The fourth-order valence-electron chi connectivity index (χ4n) is 3.36. The maximum atomic E-state index is 13.1. The third-order valence-corrected chi connectivity index (χ3v) is 5.08. The standard InChI is InChI=1S/C26H19F3N4O4/c1-3-11-36-23-10-7-16(26(27,28)29)12-22(23)32-25(35)31-17-5-4-6-18(13-17)37-19-8-9-21-20(14-19)24(34)33(2)15-30-21/h1,4-10,12-15H,11H2,2H3,(H2,31,32,35). The van der Waals surface area contributed by atoms with Crippen LogP contribution < -0.4 is 25.7 Å². The molecule has 2 N–H and O–H groups in total. The molecule has 0 fully saturated rings. The van der Waals surface area contributed by atoms with Crippen molar-refractivity contribution in [1.29, 1.82) is 0 Å². The Morgan fingerprint density at radius 3 is 2.62 bits per heavy atom. The summed E-state index contributed by atoms with van der Waals surface area (Å²) < 4.78 is 51.9. The summed E-state index contributed by atoms with van der Waals surface area (Å²) in [6.07, 6.45) is 1.96. The van der Waals surface area contributed by atoms with Crippen LogP contribution in [-0.4, -0.2) is 22.2 Å². The predicted octanol–water partition coefficient (Wildman–Crippen LogP) is 5.40. The summed E-state index contributed by atoms with van der Waals surface area (Å²) in [4.78, 5) is 29.1. The van der Waals surface area contributed by atoms with Crippen molar-refractivity contribution >= 4 is 28.3 Å². The highest BCUT2D eigenvalue weighted by atomic mass is 19.4. The molecule has 0 aliphatic rings. The second-order valence-corrected chi connectivity index (χ2v) is 7.75. The highest BCUT2D eigenvalue weighted by Gasteiger charge is 2.31. The summed E-state index contributed by atoms with van der Waals surface area (Å²) in [5, 5.41) is 5.26. The molecule has 37 heavy (non-hydrogen) atoms. The molecule has 0 saturated carbocycles. The van der Waals surface area contributed by atoms with Gasteiger partial charge in [-0.2, -0.15) is 13.2 Å². The molecule has 0 unspecified atom stereocenters. The van der Waals surface area contributed by atoms with E-state index in [1.54, 1.807) is 43.4 Å². The van der Waals surface area contributed by atoms with Crippen LogP contribution in [0.5, 0.6) is 17.2 Å². The van der Waals surface area contributed by atoms with Crippen LogP contribution in [0.1, 0.15) is 5.56 Å². The number of hydrogen-bond donors (Lipinski definition) is 2. The maximum Gasteiger partial charge on any atom is 0.416 e. The Morgan fingerprint density at radius 2 is 1.86 bits per heavy atom. The van der Waals surface area contributed by atoms with Crippen LogP contribution >= 0.6 is 0 Å². The van der Waals surface area contributed by atoms with Gasteiger partial charge in [-0.15, -0.1) is 6.42 Å². The Morgan fingerprint density at radius 1 is 1.08 bits per heavy atom. The molecule has 2 amide bonds. The molecule has 0 atom stereocenters. The molecule has 0 aliphatic carbocycles. The van der Waals surface area contributed by atoms with E-state index in [0.717, 1.165) is 18.2 Å². The fourth-order valence-corrected chi connectivity index (χ4v) is 3.36. The quantitative estimate of drug-likeness (QED) is 0.340. The van der Waals surface area contributed by atoms with E-state index in [4.69, 9.17) is 15.9 Å². The molecule has 4 rings (SSSR count). The van der Waals surface area contributed by atoms with E-state index in [1.165, 1.54) is 17.0 Å². The lowest BCUT2D eigenvalue weighted by Crippen LogP contribution is -2.20. The lowest BCUT2D eigenvalue weighted by molar-refractivity contribution is -0.137. The molecule has 0 radical (unpaired) electrons. The first-order valence-corrected chi connectivity index (χ1v) is 10.7. The first-order chi connectivity index (χ1) is 17.6. The second kappa shape index (κ2) is 10.3. The van der Waals surface area contributed by atoms with Gasteiger partial charge < -0.3 is 24.7 Å². The fraction of sp³-hybridized carbons (Fsp3) is 0.115. The zero-order valence-electron chi connectivity index (χ0n) is 19.3. The molecule has 1 heterocycles. The highest BCUT2D eigenvalue weighted by molar-refractivity contribution is 6.00. The van der Waals surface area contributed by atoms with Gasteiger partial charge in [-0.05, 0) is 48.5 Å². The molecule has 0 aliphatic heterocycles. The first kappa shape index (κ1) is 25.1. The first-order valence-electron chi connectivity index (χ1n) is 10.7. The third kappa shape index (κ3) is 5.99. The van der Waals surface area contributed by atoms with Gasteiger partial charge in [0, 0.05) is 18.8 Å². The number of carbonyl (C=O) groups is 1. The average molecular weight is 508 g/mol. The predicted molar refractivity (Wildman–Crippen MR) is 132 cm³/mol. The van der Waals surface area contributed by atoms with Gasteiger partial charge in [0.1, 0.15) is 23.9 Å². The van der Waals surface area contributed by atoms with E-state index >= 15 is 0 Å². The Labute approximate surface area is 208 Å². The van der Waals surface area contributed by atoms with E-state index in [9.17, 15) is 22.8 Å². The van der Waals surface area contributed by atoms with E-state index in [2.05, 4.69) is 21.5 Å². The minimum Gasteiger partial charge on any atom is -0.479 e. The molecule has 8 nitrogen and oxygen atoms in total. The van der Waals surface area contributed by atoms with Gasteiger partial charge in [-0.25, -0.2) is 9.78 Å². The number of halogens is 3. The number of aryl methyl sites for hydroxylation is 1. The third-order valence-electron chi connectivity index (χ3n) is 5.08. The molecule has 1 aromatic heterocycles. The normalized spacial score (nSPS) is 11.0. The number of alkyl halides is 3. The number of benzene rings is 3. The van der Waals surface area contributed by atoms with Crippen LogP contribution in [0.25, 0.3) is 10.9 Å². The molecular formula is C26H19F3N4O4. The molecule has 4 aromatic rings. The summed E-state index contributed by atoms with van der Waals surface area (Å²) in [6, 6.07) is 13.0. The number of urea groups is 1. The summed E-state index contributed by atoms with van der Waals surface area (Å²) in [6.45, 7) is -0.196. The summed E-state index contributed by atoms with van der Waals surface area (Å²) in [5.41, 5.74) is -0.593. The molecule has 188 valence electrons. The van der Waals surface area contributed by atoms with Crippen LogP contribution in [0.4, 0.5) is 29.3 Å². The van der Waals surface area contributed by atoms with Gasteiger partial charge >= 0.3 is 12.2 Å². The summed E-state index contributed by atoms with van der Waals surface area (Å²) >= 11 is 0. The van der Waals surface area contributed by atoms with Crippen molar-refractivity contribution in [2.24, 2.45) is 7.05 Å². The van der Waals surface area contributed by atoms with Crippen molar-refractivity contribution in [2.45, 2.75) is 6.18 Å². The molecular weight excluding hydrogens is 489 g/mol. The molecule has 0 saturated heterocycles. The number of amides is 2. The number of carbonyl (C=O) groups excluding carboxylic acids is 1. The number of terminal acetylenes is 1. The molecule has 11 heteroatoms. The van der Waals surface area contributed by atoms with Crippen molar-refractivity contribution in [1.82, 2.24) is 9.55 Å². The number of ether oxygens (including phenoxy) is 2. The van der Waals surface area contributed by atoms with Crippen LogP contribution in [0.2, 0.25) is 0 Å². The number of hydrogen-bond acceptors (Lipinski definition) is 5. The van der Waals surface area contributed by atoms with Crippen molar-refractivity contribution in [3.8, 4) is 29.6 Å². The van der Waals surface area contributed by atoms with Gasteiger partial charge in [0.25, 0.3) is 5.56 Å². The number of anilines is 2. The largest absolute Gasteiger partial charge is 0.479 e. The highest BCUT2D eigenvalue weighted by Crippen LogP contribution is 2.35. The van der Waals surface area contributed by atoms with Gasteiger partial charge in [-0.1, -0.05) is 12.0 Å². The van der Waals surface area contributed by atoms with E-state index in [0.29, 0.717) is 28.1 Å². The SMILES string of the molecule is C#CCOc1ccc(C(F)(F)F)cc1NC(=O)Nc1cccc(Oc2ccc3ncn(C)c(=O)c3c2)c1. The molecule has 0 bridgehead atoms. The number of nitrogens with one attached hydrogen (secondary N) is 2. The minimum absolute atomic E-state index is 0.0184.